The lowest BCUT2D eigenvalue weighted by Gasteiger charge is -2.43. The Morgan fingerprint density at radius 1 is 1.15 bits per heavy atom. The van der Waals surface area contributed by atoms with Crippen molar-refractivity contribution in [3.63, 3.8) is 0 Å². The van der Waals surface area contributed by atoms with E-state index in [2.05, 4.69) is 31.4 Å². The van der Waals surface area contributed by atoms with Gasteiger partial charge in [0.25, 0.3) is 0 Å². The number of halogens is 2. The normalized spacial score (nSPS) is 20.4. The molecule has 0 radical (unpaired) electrons. The fourth-order valence-electron chi connectivity index (χ4n) is 4.77. The minimum Gasteiger partial charge on any atom is -0.352 e. The molecule has 1 saturated carbocycles. The van der Waals surface area contributed by atoms with Gasteiger partial charge in [0.15, 0.2) is 0 Å². The van der Waals surface area contributed by atoms with Crippen molar-refractivity contribution in [2.24, 2.45) is 5.41 Å². The molecule has 1 fully saturated rings. The standard InChI is InChI=1S/C26H31Cl2N3O2/c1-25(2,3)16-31(15-23(32)29-20-8-5-9-20)26(14-17-6-4-7-18(27)12-17)21-11-10-19(28)13-22(21)30-24(26)33/h4,6-7,10-13,20H,5,8-9,14-16H2,1-3H3,(H,29,32)(H,30,33). The van der Waals surface area contributed by atoms with Crippen LogP contribution in [0.25, 0.3) is 0 Å². The van der Waals surface area contributed by atoms with E-state index < -0.39 is 5.54 Å². The number of rotatable bonds is 7. The van der Waals surface area contributed by atoms with Crippen molar-refractivity contribution in [1.29, 1.82) is 0 Å². The molecule has 1 aliphatic heterocycles. The third-order valence-corrected chi connectivity index (χ3v) is 6.88. The molecule has 2 amide bonds. The van der Waals surface area contributed by atoms with Crippen LogP contribution >= 0.6 is 23.2 Å². The second-order valence-electron chi connectivity index (χ2n) is 10.4. The van der Waals surface area contributed by atoms with Crippen LogP contribution in [-0.2, 0) is 21.5 Å². The van der Waals surface area contributed by atoms with E-state index in [0.717, 1.165) is 30.4 Å². The van der Waals surface area contributed by atoms with Gasteiger partial charge in [-0.2, -0.15) is 0 Å². The summed E-state index contributed by atoms with van der Waals surface area (Å²) in [4.78, 5) is 28.9. The quantitative estimate of drug-likeness (QED) is 0.549. The maximum absolute atomic E-state index is 13.8. The van der Waals surface area contributed by atoms with E-state index in [1.165, 1.54) is 0 Å². The molecule has 1 aliphatic carbocycles. The predicted molar refractivity (Wildman–Crippen MR) is 134 cm³/mol. The highest BCUT2D eigenvalue weighted by Crippen LogP contribution is 2.45. The van der Waals surface area contributed by atoms with E-state index in [9.17, 15) is 9.59 Å². The Balaban J connectivity index is 1.80. The Bertz CT molecular complexity index is 1060. The molecule has 0 saturated heterocycles. The number of hydrogen-bond acceptors (Lipinski definition) is 3. The summed E-state index contributed by atoms with van der Waals surface area (Å²) >= 11 is 12.5. The van der Waals surface area contributed by atoms with Crippen LogP contribution in [0.3, 0.4) is 0 Å². The number of nitrogens with one attached hydrogen (secondary N) is 2. The molecular weight excluding hydrogens is 457 g/mol. The Morgan fingerprint density at radius 2 is 1.88 bits per heavy atom. The maximum atomic E-state index is 13.8. The summed E-state index contributed by atoms with van der Waals surface area (Å²) < 4.78 is 0. The van der Waals surface area contributed by atoms with Crippen LogP contribution in [0.2, 0.25) is 10.0 Å². The van der Waals surface area contributed by atoms with Crippen LogP contribution in [-0.4, -0.2) is 35.8 Å². The third kappa shape index (κ3) is 5.21. The smallest absolute Gasteiger partial charge is 0.249 e. The van der Waals surface area contributed by atoms with E-state index in [1.54, 1.807) is 12.1 Å². The topological polar surface area (TPSA) is 61.4 Å². The van der Waals surface area contributed by atoms with E-state index in [1.807, 2.05) is 35.2 Å². The molecule has 0 aromatic heterocycles. The Morgan fingerprint density at radius 3 is 2.52 bits per heavy atom. The molecule has 1 heterocycles. The lowest BCUT2D eigenvalue weighted by molar-refractivity contribution is -0.133. The molecule has 33 heavy (non-hydrogen) atoms. The van der Waals surface area contributed by atoms with Gasteiger partial charge in [-0.3, -0.25) is 14.5 Å². The third-order valence-electron chi connectivity index (χ3n) is 6.41. The van der Waals surface area contributed by atoms with Crippen LogP contribution in [0, 0.1) is 5.41 Å². The first-order valence-electron chi connectivity index (χ1n) is 11.5. The van der Waals surface area contributed by atoms with E-state index in [0.29, 0.717) is 28.7 Å². The number of nitrogens with zero attached hydrogens (tertiary/aromatic N) is 1. The van der Waals surface area contributed by atoms with Gasteiger partial charge >= 0.3 is 0 Å². The molecule has 5 nitrogen and oxygen atoms in total. The van der Waals surface area contributed by atoms with Crippen LogP contribution in [0.5, 0.6) is 0 Å². The van der Waals surface area contributed by atoms with Crippen molar-refractivity contribution in [2.45, 2.75) is 58.0 Å². The fourth-order valence-corrected chi connectivity index (χ4v) is 5.15. The van der Waals surface area contributed by atoms with E-state index in [4.69, 9.17) is 23.2 Å². The average molecular weight is 488 g/mol. The largest absolute Gasteiger partial charge is 0.352 e. The van der Waals surface area contributed by atoms with Gasteiger partial charge in [-0.1, -0.05) is 62.2 Å². The van der Waals surface area contributed by atoms with Gasteiger partial charge in [-0.25, -0.2) is 0 Å². The van der Waals surface area contributed by atoms with Gasteiger partial charge in [0, 0.05) is 40.3 Å². The van der Waals surface area contributed by atoms with E-state index >= 15 is 0 Å². The maximum Gasteiger partial charge on any atom is 0.249 e. The second kappa shape index (κ2) is 9.28. The van der Waals surface area contributed by atoms with Gasteiger partial charge in [-0.15, -0.1) is 0 Å². The minimum atomic E-state index is -1.06. The number of benzene rings is 2. The Hall–Kier alpha value is -2.08. The number of carbonyl (C=O) groups is 2. The van der Waals surface area contributed by atoms with Crippen molar-refractivity contribution in [3.05, 3.63) is 63.6 Å². The number of anilines is 1. The molecule has 1 atom stereocenters. The predicted octanol–water partition coefficient (Wildman–Crippen LogP) is 5.40. The van der Waals surface area contributed by atoms with Crippen molar-refractivity contribution in [2.75, 3.05) is 18.4 Å². The van der Waals surface area contributed by atoms with Gasteiger partial charge in [0.1, 0.15) is 5.54 Å². The first-order chi connectivity index (χ1) is 15.6. The van der Waals surface area contributed by atoms with Crippen molar-refractivity contribution in [1.82, 2.24) is 10.2 Å². The molecule has 0 bridgehead atoms. The van der Waals surface area contributed by atoms with Crippen molar-refractivity contribution in [3.8, 4) is 0 Å². The van der Waals surface area contributed by atoms with Gasteiger partial charge < -0.3 is 10.6 Å². The van der Waals surface area contributed by atoms with Crippen molar-refractivity contribution < 1.29 is 9.59 Å². The Labute approximate surface area is 205 Å². The molecule has 2 aromatic carbocycles. The highest BCUT2D eigenvalue weighted by Gasteiger charge is 2.52. The summed E-state index contributed by atoms with van der Waals surface area (Å²) in [5.74, 6) is -0.204. The summed E-state index contributed by atoms with van der Waals surface area (Å²) in [5, 5.41) is 7.34. The van der Waals surface area contributed by atoms with Crippen LogP contribution in [0.15, 0.2) is 42.5 Å². The lowest BCUT2D eigenvalue weighted by atomic mass is 9.81. The summed E-state index contributed by atoms with van der Waals surface area (Å²) in [6, 6.07) is 13.3. The van der Waals surface area contributed by atoms with Gasteiger partial charge in [-0.05, 0) is 54.5 Å². The lowest BCUT2D eigenvalue weighted by Crippen LogP contribution is -2.58. The zero-order valence-electron chi connectivity index (χ0n) is 19.4. The van der Waals surface area contributed by atoms with Crippen LogP contribution in [0.4, 0.5) is 5.69 Å². The molecule has 2 aliphatic rings. The highest BCUT2D eigenvalue weighted by atomic mass is 35.5. The fraction of sp³-hybridized carbons (Fsp3) is 0.462. The molecule has 7 heteroatoms. The number of amides is 2. The zero-order valence-corrected chi connectivity index (χ0v) is 20.9. The first-order valence-corrected chi connectivity index (χ1v) is 12.2. The molecule has 176 valence electrons. The summed E-state index contributed by atoms with van der Waals surface area (Å²) in [7, 11) is 0. The Kier molecular flexibility index (Phi) is 6.77. The molecule has 1 unspecified atom stereocenters. The van der Waals surface area contributed by atoms with Gasteiger partial charge in [0.05, 0.1) is 6.54 Å². The number of fused-ring (bicyclic) bond motifs is 1. The van der Waals surface area contributed by atoms with Crippen LogP contribution in [0.1, 0.15) is 51.2 Å². The number of carbonyl (C=O) groups excluding carboxylic acids is 2. The molecule has 2 aromatic rings. The zero-order chi connectivity index (χ0) is 23.8. The van der Waals surface area contributed by atoms with E-state index in [-0.39, 0.29) is 29.8 Å². The van der Waals surface area contributed by atoms with Crippen LogP contribution < -0.4 is 10.6 Å². The average Bonchev–Trinajstić information content (AvgIpc) is 2.94. The SMILES string of the molecule is CC(C)(C)CN(CC(=O)NC1CCC1)C1(Cc2cccc(Cl)c2)C(=O)Nc2cc(Cl)ccc21. The second-order valence-corrected chi connectivity index (χ2v) is 11.3. The van der Waals surface area contributed by atoms with Gasteiger partial charge in [0.2, 0.25) is 11.8 Å². The van der Waals surface area contributed by atoms with Crippen molar-refractivity contribution >= 4 is 40.7 Å². The highest BCUT2D eigenvalue weighted by molar-refractivity contribution is 6.31. The molecule has 4 rings (SSSR count). The summed E-state index contributed by atoms with van der Waals surface area (Å²) in [6.07, 6.45) is 3.56. The summed E-state index contributed by atoms with van der Waals surface area (Å²) in [5.41, 5.74) is 1.24. The molecular formula is C26H31Cl2N3O2. The molecule has 0 spiro atoms. The first kappa shape index (κ1) is 24.1. The molecule has 2 N–H and O–H groups in total. The number of hydrogen-bond donors (Lipinski definition) is 2. The monoisotopic (exact) mass is 487 g/mol. The minimum absolute atomic E-state index is 0.0513. The summed E-state index contributed by atoms with van der Waals surface area (Å²) in [6.45, 7) is 7.04.